The molecule has 21 heavy (non-hydrogen) atoms. The average molecular weight is 304 g/mol. The summed E-state index contributed by atoms with van der Waals surface area (Å²) in [5, 5.41) is 4.65. The summed E-state index contributed by atoms with van der Waals surface area (Å²) in [7, 11) is 0. The lowest BCUT2D eigenvalue weighted by Gasteiger charge is -2.19. The number of hydrogen-bond donors (Lipinski definition) is 2. The van der Waals surface area contributed by atoms with Crippen molar-refractivity contribution in [2.24, 2.45) is 11.7 Å². The number of nitrogens with one attached hydrogen (secondary N) is 1. The topological polar surface area (TPSA) is 68.0 Å². The molecule has 1 fully saturated rings. The molecule has 1 aromatic heterocycles. The Labute approximate surface area is 128 Å². The molecule has 2 unspecified atom stereocenters. The Morgan fingerprint density at radius 1 is 1.33 bits per heavy atom. The molecule has 1 saturated carbocycles. The zero-order valence-electron chi connectivity index (χ0n) is 11.7. The van der Waals surface area contributed by atoms with Crippen LogP contribution in [-0.4, -0.2) is 23.5 Å². The summed E-state index contributed by atoms with van der Waals surface area (Å²) in [5.74, 6) is 0.242. The quantitative estimate of drug-likeness (QED) is 0.916. The third-order valence-corrected chi connectivity index (χ3v) is 4.40. The summed E-state index contributed by atoms with van der Waals surface area (Å²) in [5.41, 5.74) is 6.90. The first-order valence-corrected chi connectivity index (χ1v) is 7.62. The van der Waals surface area contributed by atoms with Crippen molar-refractivity contribution in [3.63, 3.8) is 0 Å². The first-order valence-electron chi connectivity index (χ1n) is 7.24. The van der Waals surface area contributed by atoms with Gasteiger partial charge >= 0.3 is 0 Å². The number of pyridine rings is 1. The molecule has 0 bridgehead atoms. The number of rotatable bonds is 3. The standard InChI is InChI=1S/C16H18ClN3O/c17-12-6-4-10-5-7-14(19-15(10)8-12)16(21)20-13-3-1-2-11(13)9-18/h4-8,11,13H,1-3,9,18H2,(H,20,21). The van der Waals surface area contributed by atoms with Gasteiger partial charge in [-0.15, -0.1) is 0 Å². The molecule has 2 aromatic rings. The predicted octanol–water partition coefficient (Wildman–Crippen LogP) is 2.75. The van der Waals surface area contributed by atoms with Crippen LogP contribution in [0.4, 0.5) is 0 Å². The van der Waals surface area contributed by atoms with E-state index >= 15 is 0 Å². The lowest BCUT2D eigenvalue weighted by atomic mass is 10.0. The van der Waals surface area contributed by atoms with Gasteiger partial charge in [0.2, 0.25) is 0 Å². The molecule has 2 atom stereocenters. The van der Waals surface area contributed by atoms with Crippen LogP contribution in [-0.2, 0) is 0 Å². The molecule has 110 valence electrons. The van der Waals surface area contributed by atoms with Crippen LogP contribution >= 0.6 is 11.6 Å². The van der Waals surface area contributed by atoms with Gasteiger partial charge in [0.15, 0.2) is 0 Å². The summed E-state index contributed by atoms with van der Waals surface area (Å²) in [6.07, 6.45) is 3.20. The molecule has 1 amide bonds. The highest BCUT2D eigenvalue weighted by Crippen LogP contribution is 2.25. The van der Waals surface area contributed by atoms with E-state index in [1.165, 1.54) is 0 Å². The van der Waals surface area contributed by atoms with E-state index in [4.69, 9.17) is 17.3 Å². The van der Waals surface area contributed by atoms with Crippen molar-refractivity contribution >= 4 is 28.4 Å². The molecule has 0 aliphatic heterocycles. The second kappa shape index (κ2) is 6.00. The minimum absolute atomic E-state index is 0.137. The minimum atomic E-state index is -0.137. The normalized spacial score (nSPS) is 21.6. The third-order valence-electron chi connectivity index (χ3n) is 4.17. The zero-order valence-corrected chi connectivity index (χ0v) is 12.4. The van der Waals surface area contributed by atoms with Crippen molar-refractivity contribution in [2.45, 2.75) is 25.3 Å². The van der Waals surface area contributed by atoms with Crippen LogP contribution in [0.25, 0.3) is 10.9 Å². The van der Waals surface area contributed by atoms with Crippen molar-refractivity contribution in [1.29, 1.82) is 0 Å². The smallest absolute Gasteiger partial charge is 0.270 e. The number of hydrogen-bond acceptors (Lipinski definition) is 3. The Hall–Kier alpha value is -1.65. The molecule has 1 aromatic carbocycles. The Balaban J connectivity index is 1.81. The maximum Gasteiger partial charge on any atom is 0.270 e. The van der Waals surface area contributed by atoms with Crippen molar-refractivity contribution < 1.29 is 4.79 Å². The van der Waals surface area contributed by atoms with E-state index in [2.05, 4.69) is 10.3 Å². The number of amides is 1. The number of aromatic nitrogens is 1. The second-order valence-corrected chi connectivity index (χ2v) is 5.98. The van der Waals surface area contributed by atoms with Crippen LogP contribution < -0.4 is 11.1 Å². The number of halogens is 1. The monoisotopic (exact) mass is 303 g/mol. The van der Waals surface area contributed by atoms with Gasteiger partial charge in [0, 0.05) is 16.5 Å². The fourth-order valence-corrected chi connectivity index (χ4v) is 3.13. The average Bonchev–Trinajstić information content (AvgIpc) is 2.93. The summed E-state index contributed by atoms with van der Waals surface area (Å²) < 4.78 is 0. The van der Waals surface area contributed by atoms with Crippen molar-refractivity contribution in [1.82, 2.24) is 10.3 Å². The molecular formula is C16H18ClN3O. The molecule has 3 rings (SSSR count). The largest absolute Gasteiger partial charge is 0.348 e. The number of nitrogens with zero attached hydrogens (tertiary/aromatic N) is 1. The molecule has 1 aliphatic rings. The molecule has 0 radical (unpaired) electrons. The van der Waals surface area contributed by atoms with Crippen LogP contribution in [0.3, 0.4) is 0 Å². The van der Waals surface area contributed by atoms with Gasteiger partial charge in [-0.3, -0.25) is 4.79 Å². The number of carbonyl (C=O) groups excluding carboxylic acids is 1. The van der Waals surface area contributed by atoms with Crippen molar-refractivity contribution in [2.75, 3.05) is 6.54 Å². The lowest BCUT2D eigenvalue weighted by molar-refractivity contribution is 0.0924. The maximum absolute atomic E-state index is 12.3. The second-order valence-electron chi connectivity index (χ2n) is 5.54. The molecule has 3 N–H and O–H groups in total. The predicted molar refractivity (Wildman–Crippen MR) is 84.4 cm³/mol. The molecule has 1 heterocycles. The van der Waals surface area contributed by atoms with Crippen LogP contribution in [0, 0.1) is 5.92 Å². The lowest BCUT2D eigenvalue weighted by Crippen LogP contribution is -2.40. The van der Waals surface area contributed by atoms with E-state index in [0.29, 0.717) is 23.2 Å². The van der Waals surface area contributed by atoms with Gasteiger partial charge in [0.1, 0.15) is 5.69 Å². The number of carbonyl (C=O) groups is 1. The van der Waals surface area contributed by atoms with Gasteiger partial charge in [-0.1, -0.05) is 30.2 Å². The molecule has 4 nitrogen and oxygen atoms in total. The fraction of sp³-hybridized carbons (Fsp3) is 0.375. The molecule has 0 saturated heterocycles. The maximum atomic E-state index is 12.3. The van der Waals surface area contributed by atoms with Crippen LogP contribution in [0.1, 0.15) is 29.8 Å². The van der Waals surface area contributed by atoms with E-state index in [1.807, 2.05) is 18.2 Å². The molecular weight excluding hydrogens is 286 g/mol. The van der Waals surface area contributed by atoms with E-state index in [0.717, 1.165) is 30.2 Å². The first-order chi connectivity index (χ1) is 10.2. The fourth-order valence-electron chi connectivity index (χ4n) is 2.97. The zero-order chi connectivity index (χ0) is 14.8. The third kappa shape index (κ3) is 3.01. The SMILES string of the molecule is NCC1CCCC1NC(=O)c1ccc2ccc(Cl)cc2n1. The number of nitrogens with two attached hydrogens (primary N) is 1. The summed E-state index contributed by atoms with van der Waals surface area (Å²) in [6, 6.07) is 9.29. The van der Waals surface area contributed by atoms with Gasteiger partial charge < -0.3 is 11.1 Å². The van der Waals surface area contributed by atoms with E-state index < -0.39 is 0 Å². The highest BCUT2D eigenvalue weighted by molar-refractivity contribution is 6.31. The molecule has 0 spiro atoms. The van der Waals surface area contributed by atoms with Crippen LogP contribution in [0.15, 0.2) is 30.3 Å². The summed E-state index contributed by atoms with van der Waals surface area (Å²) in [4.78, 5) is 16.7. The van der Waals surface area contributed by atoms with Crippen LogP contribution in [0.5, 0.6) is 0 Å². The van der Waals surface area contributed by atoms with Gasteiger partial charge in [0.05, 0.1) is 5.52 Å². The van der Waals surface area contributed by atoms with Crippen molar-refractivity contribution in [3.05, 3.63) is 41.0 Å². The number of benzene rings is 1. The number of fused-ring (bicyclic) bond motifs is 1. The summed E-state index contributed by atoms with van der Waals surface area (Å²) in [6.45, 7) is 0.617. The Morgan fingerprint density at radius 2 is 2.14 bits per heavy atom. The highest BCUT2D eigenvalue weighted by atomic mass is 35.5. The van der Waals surface area contributed by atoms with E-state index in [1.54, 1.807) is 12.1 Å². The van der Waals surface area contributed by atoms with Gasteiger partial charge in [0.25, 0.3) is 5.91 Å². The van der Waals surface area contributed by atoms with Crippen molar-refractivity contribution in [3.8, 4) is 0 Å². The van der Waals surface area contributed by atoms with Gasteiger partial charge in [-0.2, -0.15) is 0 Å². The molecule has 1 aliphatic carbocycles. The minimum Gasteiger partial charge on any atom is -0.348 e. The van der Waals surface area contributed by atoms with Gasteiger partial charge in [-0.05, 0) is 43.5 Å². The van der Waals surface area contributed by atoms with E-state index in [9.17, 15) is 4.79 Å². The first kappa shape index (κ1) is 14.3. The Kier molecular flexibility index (Phi) is 4.08. The van der Waals surface area contributed by atoms with Gasteiger partial charge in [-0.25, -0.2) is 4.98 Å². The Bertz CT molecular complexity index is 674. The summed E-state index contributed by atoms with van der Waals surface area (Å²) >= 11 is 5.97. The molecule has 5 heteroatoms. The van der Waals surface area contributed by atoms with E-state index in [-0.39, 0.29) is 11.9 Å². The highest BCUT2D eigenvalue weighted by Gasteiger charge is 2.27. The van der Waals surface area contributed by atoms with Crippen LogP contribution in [0.2, 0.25) is 5.02 Å². The Morgan fingerprint density at radius 3 is 2.95 bits per heavy atom.